The number of aliphatic carboxylic acids is 1. The summed E-state index contributed by atoms with van der Waals surface area (Å²) in [6.07, 6.45) is 0.118. The molecule has 19 heavy (non-hydrogen) atoms. The molecule has 104 valence electrons. The Kier molecular flexibility index (Phi) is 5.18. The molecule has 0 radical (unpaired) electrons. The summed E-state index contributed by atoms with van der Waals surface area (Å²) in [5.41, 5.74) is 0. The molecule has 1 aromatic rings. The molecule has 0 saturated carbocycles. The van der Waals surface area contributed by atoms with Gasteiger partial charge in [0.1, 0.15) is 12.4 Å². The lowest BCUT2D eigenvalue weighted by Gasteiger charge is -2.33. The van der Waals surface area contributed by atoms with Crippen molar-refractivity contribution in [1.82, 2.24) is 10.2 Å². The minimum Gasteiger partial charge on any atom is -0.492 e. The minimum absolute atomic E-state index is 0.0696. The van der Waals surface area contributed by atoms with Crippen molar-refractivity contribution < 1.29 is 14.6 Å². The summed E-state index contributed by atoms with van der Waals surface area (Å²) in [5.74, 6) is 0.00761. The zero-order valence-electron chi connectivity index (χ0n) is 10.9. The molecule has 2 rings (SSSR count). The summed E-state index contributed by atoms with van der Waals surface area (Å²) in [7, 11) is 0. The highest BCUT2D eigenvalue weighted by Crippen LogP contribution is 2.12. The van der Waals surface area contributed by atoms with Gasteiger partial charge in [0.25, 0.3) is 0 Å². The molecule has 1 heterocycles. The SMILES string of the molecule is O=C(O)CC(COc1ccccc1)N1CCNCC1. The van der Waals surface area contributed by atoms with Gasteiger partial charge in [-0.25, -0.2) is 0 Å². The van der Waals surface area contributed by atoms with Crippen molar-refractivity contribution in [2.45, 2.75) is 12.5 Å². The number of benzene rings is 1. The van der Waals surface area contributed by atoms with Gasteiger partial charge < -0.3 is 15.2 Å². The maximum Gasteiger partial charge on any atom is 0.305 e. The molecule has 1 atom stereocenters. The van der Waals surface area contributed by atoms with Gasteiger partial charge in [-0.05, 0) is 12.1 Å². The summed E-state index contributed by atoms with van der Waals surface area (Å²) in [6.45, 7) is 3.96. The molecule has 5 heteroatoms. The van der Waals surface area contributed by atoms with E-state index in [1.807, 2.05) is 30.3 Å². The van der Waals surface area contributed by atoms with Crippen LogP contribution in [0.15, 0.2) is 30.3 Å². The predicted molar refractivity (Wildman–Crippen MR) is 72.4 cm³/mol. The Morgan fingerprint density at radius 3 is 2.63 bits per heavy atom. The van der Waals surface area contributed by atoms with E-state index >= 15 is 0 Å². The van der Waals surface area contributed by atoms with Crippen LogP contribution in [0.1, 0.15) is 6.42 Å². The van der Waals surface area contributed by atoms with E-state index in [1.54, 1.807) is 0 Å². The fourth-order valence-corrected chi connectivity index (χ4v) is 2.25. The minimum atomic E-state index is -0.778. The molecular weight excluding hydrogens is 244 g/mol. The lowest BCUT2D eigenvalue weighted by molar-refractivity contribution is -0.138. The molecule has 0 amide bonds. The first-order valence-electron chi connectivity index (χ1n) is 6.60. The number of hydrogen-bond donors (Lipinski definition) is 2. The van der Waals surface area contributed by atoms with Gasteiger partial charge in [0.15, 0.2) is 0 Å². The van der Waals surface area contributed by atoms with Gasteiger partial charge in [-0.15, -0.1) is 0 Å². The summed E-state index contributed by atoms with van der Waals surface area (Å²) in [6, 6.07) is 9.45. The third-order valence-corrected chi connectivity index (χ3v) is 3.26. The van der Waals surface area contributed by atoms with E-state index < -0.39 is 5.97 Å². The lowest BCUT2D eigenvalue weighted by atomic mass is 10.1. The molecule has 1 unspecified atom stereocenters. The number of nitrogens with zero attached hydrogens (tertiary/aromatic N) is 1. The Balaban J connectivity index is 1.91. The van der Waals surface area contributed by atoms with Crippen LogP contribution in [0.4, 0.5) is 0 Å². The van der Waals surface area contributed by atoms with E-state index in [1.165, 1.54) is 0 Å². The zero-order valence-corrected chi connectivity index (χ0v) is 10.9. The Labute approximate surface area is 113 Å². The maximum atomic E-state index is 11.0. The normalized spacial score (nSPS) is 17.9. The van der Waals surface area contributed by atoms with Gasteiger partial charge >= 0.3 is 5.97 Å². The van der Waals surface area contributed by atoms with Crippen molar-refractivity contribution in [3.8, 4) is 5.75 Å². The highest BCUT2D eigenvalue weighted by Gasteiger charge is 2.23. The topological polar surface area (TPSA) is 61.8 Å². The first-order valence-corrected chi connectivity index (χ1v) is 6.60. The number of ether oxygens (including phenoxy) is 1. The lowest BCUT2D eigenvalue weighted by Crippen LogP contribution is -2.51. The summed E-state index contributed by atoms with van der Waals surface area (Å²) in [5, 5.41) is 12.3. The monoisotopic (exact) mass is 264 g/mol. The molecule has 0 aliphatic carbocycles. The molecule has 0 spiro atoms. The zero-order chi connectivity index (χ0) is 13.5. The number of carboxylic acid groups (broad SMARTS) is 1. The van der Waals surface area contributed by atoms with Crippen LogP contribution >= 0.6 is 0 Å². The Morgan fingerprint density at radius 2 is 2.00 bits per heavy atom. The van der Waals surface area contributed by atoms with Crippen molar-refractivity contribution in [1.29, 1.82) is 0 Å². The van der Waals surface area contributed by atoms with Crippen LogP contribution in [0.25, 0.3) is 0 Å². The van der Waals surface area contributed by atoms with Crippen molar-refractivity contribution in [2.24, 2.45) is 0 Å². The average molecular weight is 264 g/mol. The molecule has 1 aliphatic rings. The van der Waals surface area contributed by atoms with E-state index in [2.05, 4.69) is 10.2 Å². The molecular formula is C14H20N2O3. The molecule has 1 aliphatic heterocycles. The number of rotatable bonds is 6. The Morgan fingerprint density at radius 1 is 1.32 bits per heavy atom. The van der Waals surface area contributed by atoms with Crippen molar-refractivity contribution in [2.75, 3.05) is 32.8 Å². The number of nitrogens with one attached hydrogen (secondary N) is 1. The van der Waals surface area contributed by atoms with Crippen LogP contribution in [-0.2, 0) is 4.79 Å². The third-order valence-electron chi connectivity index (χ3n) is 3.26. The van der Waals surface area contributed by atoms with E-state index in [-0.39, 0.29) is 12.5 Å². The van der Waals surface area contributed by atoms with E-state index in [9.17, 15) is 4.79 Å². The van der Waals surface area contributed by atoms with Crippen molar-refractivity contribution in [3.05, 3.63) is 30.3 Å². The largest absolute Gasteiger partial charge is 0.492 e. The van der Waals surface area contributed by atoms with Crippen LogP contribution in [0.3, 0.4) is 0 Å². The van der Waals surface area contributed by atoms with E-state index in [0.29, 0.717) is 6.61 Å². The highest BCUT2D eigenvalue weighted by molar-refractivity contribution is 5.67. The second-order valence-corrected chi connectivity index (χ2v) is 4.66. The smallest absolute Gasteiger partial charge is 0.305 e. The van der Waals surface area contributed by atoms with Crippen molar-refractivity contribution in [3.63, 3.8) is 0 Å². The predicted octanol–water partition coefficient (Wildman–Crippen LogP) is 0.814. The summed E-state index contributed by atoms with van der Waals surface area (Å²) < 4.78 is 5.70. The molecule has 1 aromatic carbocycles. The number of hydrogen-bond acceptors (Lipinski definition) is 4. The average Bonchev–Trinajstić information content (AvgIpc) is 2.45. The fourth-order valence-electron chi connectivity index (χ4n) is 2.25. The molecule has 0 aromatic heterocycles. The van der Waals surface area contributed by atoms with E-state index in [0.717, 1.165) is 31.9 Å². The highest BCUT2D eigenvalue weighted by atomic mass is 16.5. The van der Waals surface area contributed by atoms with Crippen molar-refractivity contribution >= 4 is 5.97 Å². The first-order chi connectivity index (χ1) is 9.25. The quantitative estimate of drug-likeness (QED) is 0.796. The molecule has 0 bridgehead atoms. The number of piperazine rings is 1. The molecule has 5 nitrogen and oxygen atoms in total. The number of carboxylic acids is 1. The molecule has 2 N–H and O–H groups in total. The van der Waals surface area contributed by atoms with Gasteiger partial charge in [0, 0.05) is 26.2 Å². The Bertz CT molecular complexity index is 391. The van der Waals surface area contributed by atoms with Gasteiger partial charge in [0.2, 0.25) is 0 Å². The van der Waals surface area contributed by atoms with Crippen LogP contribution < -0.4 is 10.1 Å². The second kappa shape index (κ2) is 7.11. The van der Waals surface area contributed by atoms with Gasteiger partial charge in [-0.2, -0.15) is 0 Å². The van der Waals surface area contributed by atoms with Crippen LogP contribution in [0, 0.1) is 0 Å². The van der Waals surface area contributed by atoms with Gasteiger partial charge in [0.05, 0.1) is 12.5 Å². The van der Waals surface area contributed by atoms with Crippen LogP contribution in [-0.4, -0.2) is 54.8 Å². The summed E-state index contributed by atoms with van der Waals surface area (Å²) in [4.78, 5) is 13.2. The van der Waals surface area contributed by atoms with E-state index in [4.69, 9.17) is 9.84 Å². The number of carbonyl (C=O) groups is 1. The molecule has 1 fully saturated rings. The second-order valence-electron chi connectivity index (χ2n) is 4.66. The van der Waals surface area contributed by atoms with Gasteiger partial charge in [-0.1, -0.05) is 18.2 Å². The van der Waals surface area contributed by atoms with Crippen LogP contribution in [0.5, 0.6) is 5.75 Å². The summed E-state index contributed by atoms with van der Waals surface area (Å²) >= 11 is 0. The third kappa shape index (κ3) is 4.54. The first kappa shape index (κ1) is 13.8. The van der Waals surface area contributed by atoms with Gasteiger partial charge in [-0.3, -0.25) is 9.69 Å². The standard InChI is InChI=1S/C14H20N2O3/c17-14(18)10-12(16-8-6-15-7-9-16)11-19-13-4-2-1-3-5-13/h1-5,12,15H,6-11H2,(H,17,18). The fraction of sp³-hybridized carbons (Fsp3) is 0.500. The molecule has 1 saturated heterocycles. The Hall–Kier alpha value is -1.59. The number of para-hydroxylation sites is 1. The van der Waals surface area contributed by atoms with Crippen LogP contribution in [0.2, 0.25) is 0 Å². The maximum absolute atomic E-state index is 11.0.